The lowest BCUT2D eigenvalue weighted by atomic mass is 9.91. The molecule has 0 radical (unpaired) electrons. The number of aryl methyl sites for hydroxylation is 1. The molecule has 0 aromatic heterocycles. The Bertz CT molecular complexity index is 550. The Morgan fingerprint density at radius 2 is 1.70 bits per heavy atom. The van der Waals surface area contributed by atoms with Crippen molar-refractivity contribution in [3.05, 3.63) is 35.4 Å². The van der Waals surface area contributed by atoms with Gasteiger partial charge in [0.2, 0.25) is 5.91 Å². The zero-order valence-electron chi connectivity index (χ0n) is 14.7. The van der Waals surface area contributed by atoms with Gasteiger partial charge < -0.3 is 10.2 Å². The molecule has 0 atom stereocenters. The van der Waals surface area contributed by atoms with Crippen LogP contribution in [-0.4, -0.2) is 35.8 Å². The van der Waals surface area contributed by atoms with E-state index >= 15 is 0 Å². The summed E-state index contributed by atoms with van der Waals surface area (Å²) in [7, 11) is 0. The van der Waals surface area contributed by atoms with E-state index in [0.717, 1.165) is 24.0 Å². The lowest BCUT2D eigenvalue weighted by Gasteiger charge is -2.33. The van der Waals surface area contributed by atoms with Crippen molar-refractivity contribution in [2.24, 2.45) is 5.41 Å². The highest BCUT2D eigenvalue weighted by molar-refractivity contribution is 5.94. The largest absolute Gasteiger partial charge is 0.353 e. The minimum absolute atomic E-state index is 0.00614. The predicted molar refractivity (Wildman–Crippen MR) is 92.3 cm³/mol. The summed E-state index contributed by atoms with van der Waals surface area (Å²) in [5, 5.41) is 3.11. The van der Waals surface area contributed by atoms with Crippen LogP contribution in [0.5, 0.6) is 0 Å². The normalized spacial score (nSPS) is 16.3. The summed E-state index contributed by atoms with van der Waals surface area (Å²) in [6.45, 7) is 9.61. The van der Waals surface area contributed by atoms with Gasteiger partial charge in [-0.15, -0.1) is 0 Å². The van der Waals surface area contributed by atoms with Crippen LogP contribution < -0.4 is 5.32 Å². The Morgan fingerprint density at radius 1 is 1.13 bits per heavy atom. The third-order valence-electron chi connectivity index (χ3n) is 4.14. The Hall–Kier alpha value is -1.84. The van der Waals surface area contributed by atoms with Gasteiger partial charge in [0, 0.05) is 31.1 Å². The number of hydrogen-bond acceptors (Lipinski definition) is 2. The maximum atomic E-state index is 12.5. The van der Waals surface area contributed by atoms with Gasteiger partial charge in [-0.25, -0.2) is 0 Å². The highest BCUT2D eigenvalue weighted by Gasteiger charge is 2.25. The molecule has 1 aromatic rings. The van der Waals surface area contributed by atoms with E-state index in [9.17, 15) is 9.59 Å². The summed E-state index contributed by atoms with van der Waals surface area (Å²) in [6.07, 6.45) is 2.19. The maximum absolute atomic E-state index is 12.5. The van der Waals surface area contributed by atoms with Crippen molar-refractivity contribution >= 4 is 11.8 Å². The lowest BCUT2D eigenvalue weighted by Crippen LogP contribution is -2.47. The van der Waals surface area contributed by atoms with Crippen molar-refractivity contribution in [2.45, 2.75) is 53.0 Å². The second-order valence-electron chi connectivity index (χ2n) is 7.74. The highest BCUT2D eigenvalue weighted by Crippen LogP contribution is 2.19. The van der Waals surface area contributed by atoms with Crippen LogP contribution in [0.3, 0.4) is 0 Å². The molecule has 0 bridgehead atoms. The molecule has 0 spiro atoms. The third-order valence-corrected chi connectivity index (χ3v) is 4.14. The molecule has 1 aliphatic rings. The van der Waals surface area contributed by atoms with E-state index in [1.807, 2.05) is 36.1 Å². The van der Waals surface area contributed by atoms with Gasteiger partial charge in [-0.1, -0.05) is 38.5 Å². The Morgan fingerprint density at radius 3 is 2.22 bits per heavy atom. The van der Waals surface area contributed by atoms with Crippen LogP contribution in [0, 0.1) is 12.3 Å². The maximum Gasteiger partial charge on any atom is 0.253 e. The van der Waals surface area contributed by atoms with Crippen LogP contribution in [0.1, 0.15) is 56.0 Å². The molecule has 1 N–H and O–H groups in total. The fourth-order valence-corrected chi connectivity index (χ4v) is 2.87. The number of likely N-dealkylation sites (tertiary alicyclic amines) is 1. The van der Waals surface area contributed by atoms with Gasteiger partial charge in [0.25, 0.3) is 5.91 Å². The minimum Gasteiger partial charge on any atom is -0.353 e. The molecule has 0 aliphatic carbocycles. The molecule has 2 amide bonds. The monoisotopic (exact) mass is 316 g/mol. The van der Waals surface area contributed by atoms with Gasteiger partial charge in [-0.05, 0) is 37.3 Å². The molecule has 1 saturated heterocycles. The van der Waals surface area contributed by atoms with Crippen LogP contribution in [0.15, 0.2) is 24.3 Å². The SMILES string of the molecule is Cc1ccc(C(=O)N2CCC(NC(=O)CC(C)(C)C)CC2)cc1. The number of carbonyl (C=O) groups is 2. The second-order valence-corrected chi connectivity index (χ2v) is 7.74. The molecule has 1 heterocycles. The number of carbonyl (C=O) groups excluding carboxylic acids is 2. The summed E-state index contributed by atoms with van der Waals surface area (Å²) in [6, 6.07) is 7.88. The number of nitrogens with zero attached hydrogens (tertiary/aromatic N) is 1. The first-order valence-electron chi connectivity index (χ1n) is 8.40. The topological polar surface area (TPSA) is 49.4 Å². The first kappa shape index (κ1) is 17.5. The summed E-state index contributed by atoms with van der Waals surface area (Å²) in [5.74, 6) is 0.199. The fourth-order valence-electron chi connectivity index (χ4n) is 2.87. The smallest absolute Gasteiger partial charge is 0.253 e. The molecule has 1 aromatic carbocycles. The number of benzene rings is 1. The molecular weight excluding hydrogens is 288 g/mol. The van der Waals surface area contributed by atoms with Crippen molar-refractivity contribution in [1.29, 1.82) is 0 Å². The van der Waals surface area contributed by atoms with Gasteiger partial charge in [-0.2, -0.15) is 0 Å². The van der Waals surface area contributed by atoms with Crippen molar-refractivity contribution in [3.63, 3.8) is 0 Å². The molecule has 0 saturated carbocycles. The van der Waals surface area contributed by atoms with Gasteiger partial charge in [0.1, 0.15) is 0 Å². The van der Waals surface area contributed by atoms with Gasteiger partial charge in [0.05, 0.1) is 0 Å². The first-order chi connectivity index (χ1) is 10.7. The number of piperidine rings is 1. The van der Waals surface area contributed by atoms with E-state index in [4.69, 9.17) is 0 Å². The molecule has 4 nitrogen and oxygen atoms in total. The number of nitrogens with one attached hydrogen (secondary N) is 1. The number of amides is 2. The average Bonchev–Trinajstić information content (AvgIpc) is 2.46. The quantitative estimate of drug-likeness (QED) is 0.931. The second kappa shape index (κ2) is 7.16. The van der Waals surface area contributed by atoms with Crippen LogP contribution in [0.4, 0.5) is 0 Å². The highest BCUT2D eigenvalue weighted by atomic mass is 16.2. The first-order valence-corrected chi connectivity index (χ1v) is 8.40. The van der Waals surface area contributed by atoms with Crippen LogP contribution in [0.2, 0.25) is 0 Å². The molecule has 2 rings (SSSR count). The Labute approximate surface area is 139 Å². The van der Waals surface area contributed by atoms with Gasteiger partial charge >= 0.3 is 0 Å². The van der Waals surface area contributed by atoms with Crippen molar-refractivity contribution in [1.82, 2.24) is 10.2 Å². The summed E-state index contributed by atoms with van der Waals surface area (Å²) in [4.78, 5) is 26.4. The van der Waals surface area contributed by atoms with E-state index in [2.05, 4.69) is 26.1 Å². The lowest BCUT2D eigenvalue weighted by molar-refractivity contribution is -0.123. The third kappa shape index (κ3) is 5.38. The van der Waals surface area contributed by atoms with E-state index in [1.54, 1.807) is 0 Å². The van der Waals surface area contributed by atoms with E-state index < -0.39 is 0 Å². The number of hydrogen-bond donors (Lipinski definition) is 1. The zero-order chi connectivity index (χ0) is 17.0. The Kier molecular flexibility index (Phi) is 5.45. The molecule has 126 valence electrons. The summed E-state index contributed by atoms with van der Waals surface area (Å²) in [5.41, 5.74) is 1.90. The summed E-state index contributed by atoms with van der Waals surface area (Å²) < 4.78 is 0. The fraction of sp³-hybridized carbons (Fsp3) is 0.579. The minimum atomic E-state index is 0.00614. The molecule has 1 aliphatic heterocycles. The van der Waals surface area contributed by atoms with Crippen LogP contribution >= 0.6 is 0 Å². The molecular formula is C19H28N2O2. The van der Waals surface area contributed by atoms with Crippen molar-refractivity contribution in [2.75, 3.05) is 13.1 Å². The van der Waals surface area contributed by atoms with Gasteiger partial charge in [-0.3, -0.25) is 9.59 Å². The van der Waals surface area contributed by atoms with Crippen molar-refractivity contribution in [3.8, 4) is 0 Å². The predicted octanol–water partition coefficient (Wildman–Crippen LogP) is 3.15. The van der Waals surface area contributed by atoms with Gasteiger partial charge in [0.15, 0.2) is 0 Å². The average molecular weight is 316 g/mol. The van der Waals surface area contributed by atoms with E-state index in [1.165, 1.54) is 0 Å². The molecule has 1 fully saturated rings. The number of rotatable bonds is 3. The Balaban J connectivity index is 1.83. The molecule has 0 unspecified atom stereocenters. The molecule has 4 heteroatoms. The zero-order valence-corrected chi connectivity index (χ0v) is 14.7. The summed E-state index contributed by atoms with van der Waals surface area (Å²) >= 11 is 0. The van der Waals surface area contributed by atoms with Crippen LogP contribution in [0.25, 0.3) is 0 Å². The van der Waals surface area contributed by atoms with E-state index in [0.29, 0.717) is 19.5 Å². The molecule has 23 heavy (non-hydrogen) atoms. The standard InChI is InChI=1S/C19H28N2O2/c1-14-5-7-15(8-6-14)18(23)21-11-9-16(10-12-21)20-17(22)13-19(2,3)4/h5-8,16H,9-13H2,1-4H3,(H,20,22). The van der Waals surface area contributed by atoms with Crippen LogP contribution in [-0.2, 0) is 4.79 Å². The van der Waals surface area contributed by atoms with Crippen molar-refractivity contribution < 1.29 is 9.59 Å². The van der Waals surface area contributed by atoms with E-state index in [-0.39, 0.29) is 23.3 Å².